The van der Waals surface area contributed by atoms with Crippen LogP contribution < -0.4 is 0 Å². The predicted molar refractivity (Wildman–Crippen MR) is 105 cm³/mol. The normalized spacial score (nSPS) is 18.9. The Labute approximate surface area is 162 Å². The predicted octanol–water partition coefficient (Wildman–Crippen LogP) is 5.11. The smallest absolute Gasteiger partial charge is 0.258 e. The van der Waals surface area contributed by atoms with E-state index in [1.54, 1.807) is 35.4 Å². The summed E-state index contributed by atoms with van der Waals surface area (Å²) in [5.41, 5.74) is 3.34. The molecule has 0 fully saturated rings. The number of nitrogens with zero attached hydrogens (tertiary/aromatic N) is 3. The first-order chi connectivity index (χ1) is 13.1. The fraction of sp³-hybridized carbons (Fsp3) is 0.238. The summed E-state index contributed by atoms with van der Waals surface area (Å²) < 4.78 is 13.0. The van der Waals surface area contributed by atoms with Gasteiger partial charge >= 0.3 is 0 Å². The molecule has 138 valence electrons. The van der Waals surface area contributed by atoms with Crippen LogP contribution in [-0.4, -0.2) is 30.1 Å². The Morgan fingerprint density at radius 3 is 2.85 bits per heavy atom. The highest BCUT2D eigenvalue weighted by Crippen LogP contribution is 2.29. The van der Waals surface area contributed by atoms with Crippen LogP contribution in [0.1, 0.15) is 22.3 Å². The molecule has 0 saturated heterocycles. The first kappa shape index (κ1) is 17.7. The van der Waals surface area contributed by atoms with Crippen molar-refractivity contribution in [1.29, 1.82) is 0 Å². The zero-order valence-corrected chi connectivity index (χ0v) is 15.4. The summed E-state index contributed by atoms with van der Waals surface area (Å²) in [5.74, 6) is -0.177. The van der Waals surface area contributed by atoms with E-state index < -0.39 is 0 Å². The third kappa shape index (κ3) is 3.88. The highest BCUT2D eigenvalue weighted by atomic mass is 35.5. The lowest BCUT2D eigenvalue weighted by atomic mass is 9.96. The van der Waals surface area contributed by atoms with Crippen molar-refractivity contribution in [2.24, 2.45) is 10.9 Å². The summed E-state index contributed by atoms with van der Waals surface area (Å²) in [6, 6.07) is 11.5. The zero-order valence-electron chi connectivity index (χ0n) is 14.6. The number of carbonyl (C=O) groups is 1. The second kappa shape index (κ2) is 7.53. The second-order valence-electron chi connectivity index (χ2n) is 6.71. The lowest BCUT2D eigenvalue weighted by Gasteiger charge is -2.34. The zero-order chi connectivity index (χ0) is 18.8. The minimum Gasteiger partial charge on any atom is -0.684 e. The van der Waals surface area contributed by atoms with Gasteiger partial charge in [0.2, 0.25) is 0 Å². The van der Waals surface area contributed by atoms with Crippen LogP contribution in [0.15, 0.2) is 59.4 Å². The van der Waals surface area contributed by atoms with Gasteiger partial charge in [-0.25, -0.2) is 4.39 Å². The van der Waals surface area contributed by atoms with E-state index in [-0.39, 0.29) is 17.6 Å². The van der Waals surface area contributed by atoms with Crippen LogP contribution in [0.25, 0.3) is 5.32 Å². The Bertz CT molecular complexity index is 924. The minimum atomic E-state index is -0.274. The van der Waals surface area contributed by atoms with Gasteiger partial charge < -0.3 is 10.2 Å². The van der Waals surface area contributed by atoms with Crippen molar-refractivity contribution < 1.29 is 9.18 Å². The highest BCUT2D eigenvalue weighted by Gasteiger charge is 2.28. The quantitative estimate of drug-likeness (QED) is 0.724. The van der Waals surface area contributed by atoms with Gasteiger partial charge in [-0.05, 0) is 54.7 Å². The number of allylic oxidation sites excluding steroid dienone is 1. The van der Waals surface area contributed by atoms with Crippen molar-refractivity contribution in [3.8, 4) is 0 Å². The molecule has 2 aromatic carbocycles. The van der Waals surface area contributed by atoms with Crippen LogP contribution in [-0.2, 0) is 6.42 Å². The molecule has 0 aromatic heterocycles. The molecule has 4 nitrogen and oxygen atoms in total. The topological polar surface area (TPSA) is 46.8 Å². The molecule has 0 spiro atoms. The van der Waals surface area contributed by atoms with Gasteiger partial charge in [0.1, 0.15) is 5.82 Å². The number of aliphatic imine (C=N–C) groups is 1. The molecule has 2 aliphatic rings. The number of halogens is 2. The van der Waals surface area contributed by atoms with E-state index in [0.29, 0.717) is 30.1 Å². The maximum Gasteiger partial charge on any atom is 0.258 e. The van der Waals surface area contributed by atoms with Crippen LogP contribution in [0, 0.1) is 11.7 Å². The summed E-state index contributed by atoms with van der Waals surface area (Å²) in [4.78, 5) is 19.0. The van der Waals surface area contributed by atoms with Gasteiger partial charge in [-0.15, -0.1) is 12.2 Å². The van der Waals surface area contributed by atoms with Crippen molar-refractivity contribution in [2.75, 3.05) is 13.1 Å². The van der Waals surface area contributed by atoms with Crippen LogP contribution in [0.4, 0.5) is 10.1 Å². The van der Waals surface area contributed by atoms with Crippen LogP contribution in [0.3, 0.4) is 0 Å². The molecule has 2 aliphatic heterocycles. The number of carbonyl (C=O) groups excluding carboxylic acids is 1. The molecule has 1 amide bonds. The molecule has 4 rings (SSSR count). The molecule has 0 N–H and O–H groups in total. The summed E-state index contributed by atoms with van der Waals surface area (Å²) in [6.45, 7) is 1.16. The molecule has 2 aromatic rings. The SMILES string of the molecule is O=C1c2ccc(Cl)cc2CCN1C1=CN=CC(C[N-]c2ccc(F)cc2)C1. The highest BCUT2D eigenvalue weighted by molar-refractivity contribution is 6.30. The van der Waals surface area contributed by atoms with E-state index in [9.17, 15) is 9.18 Å². The third-order valence-electron chi connectivity index (χ3n) is 4.82. The Kier molecular flexibility index (Phi) is 4.94. The van der Waals surface area contributed by atoms with E-state index in [4.69, 9.17) is 11.6 Å². The Balaban J connectivity index is 1.42. The van der Waals surface area contributed by atoms with Gasteiger partial charge in [-0.3, -0.25) is 9.79 Å². The lowest BCUT2D eigenvalue weighted by Crippen LogP contribution is -2.38. The summed E-state index contributed by atoms with van der Waals surface area (Å²) >= 11 is 6.04. The molecule has 1 unspecified atom stereocenters. The van der Waals surface area contributed by atoms with E-state index in [2.05, 4.69) is 10.3 Å². The summed E-state index contributed by atoms with van der Waals surface area (Å²) in [7, 11) is 0. The van der Waals surface area contributed by atoms with Crippen molar-refractivity contribution in [2.45, 2.75) is 12.8 Å². The van der Waals surface area contributed by atoms with E-state index in [1.165, 1.54) is 12.1 Å². The lowest BCUT2D eigenvalue weighted by molar-refractivity contribution is 0.0784. The fourth-order valence-corrected chi connectivity index (χ4v) is 3.61. The Morgan fingerprint density at radius 2 is 2.04 bits per heavy atom. The molecule has 27 heavy (non-hydrogen) atoms. The van der Waals surface area contributed by atoms with Gasteiger partial charge in [-0.1, -0.05) is 23.7 Å². The molecule has 0 aliphatic carbocycles. The Morgan fingerprint density at radius 1 is 1.22 bits per heavy atom. The number of fused-ring (bicyclic) bond motifs is 1. The Hall–Kier alpha value is -2.66. The maximum atomic E-state index is 13.0. The van der Waals surface area contributed by atoms with Gasteiger partial charge in [-0.2, -0.15) is 0 Å². The molecule has 1 atom stereocenters. The van der Waals surface area contributed by atoms with Crippen molar-refractivity contribution in [1.82, 2.24) is 4.90 Å². The molecular formula is C21H18ClFN3O-. The second-order valence-corrected chi connectivity index (χ2v) is 7.14. The van der Waals surface area contributed by atoms with E-state index in [0.717, 1.165) is 23.4 Å². The number of benzene rings is 2. The van der Waals surface area contributed by atoms with E-state index >= 15 is 0 Å². The van der Waals surface area contributed by atoms with Gasteiger partial charge in [0, 0.05) is 35.2 Å². The number of hydrogen-bond donors (Lipinski definition) is 0. The number of hydrogen-bond acceptors (Lipinski definition) is 2. The third-order valence-corrected chi connectivity index (χ3v) is 5.06. The molecule has 0 bridgehead atoms. The molecular weight excluding hydrogens is 365 g/mol. The van der Waals surface area contributed by atoms with Crippen molar-refractivity contribution in [3.63, 3.8) is 0 Å². The monoisotopic (exact) mass is 382 g/mol. The maximum absolute atomic E-state index is 13.0. The summed E-state index contributed by atoms with van der Waals surface area (Å²) in [5, 5.41) is 5.16. The average molecular weight is 383 g/mol. The summed E-state index contributed by atoms with van der Waals surface area (Å²) in [6.07, 6.45) is 5.09. The van der Waals surface area contributed by atoms with Crippen LogP contribution >= 0.6 is 11.6 Å². The van der Waals surface area contributed by atoms with Crippen LogP contribution in [0.5, 0.6) is 0 Å². The molecule has 0 radical (unpaired) electrons. The minimum absolute atomic E-state index is 0.00881. The van der Waals surface area contributed by atoms with Gasteiger partial charge in [0.25, 0.3) is 5.91 Å². The molecule has 0 saturated carbocycles. The van der Waals surface area contributed by atoms with Crippen molar-refractivity contribution in [3.05, 3.63) is 81.6 Å². The van der Waals surface area contributed by atoms with Gasteiger partial charge in [0.15, 0.2) is 0 Å². The first-order valence-corrected chi connectivity index (χ1v) is 9.23. The standard InChI is InChI=1S/C21H18ClFN3O/c22-16-1-6-20-15(10-16)7-8-26(21(20)27)19-9-14(11-24-13-19)12-25-18-4-2-17(23)3-5-18/h1-6,10-11,13-14H,7-9,12H2/q-1. The number of rotatable bonds is 4. The van der Waals surface area contributed by atoms with Crippen molar-refractivity contribution >= 4 is 29.4 Å². The molecule has 6 heteroatoms. The van der Waals surface area contributed by atoms with Crippen LogP contribution in [0.2, 0.25) is 5.02 Å². The van der Waals surface area contributed by atoms with E-state index in [1.807, 2.05) is 12.3 Å². The fourth-order valence-electron chi connectivity index (χ4n) is 3.42. The average Bonchev–Trinajstić information content (AvgIpc) is 2.68. The largest absolute Gasteiger partial charge is 0.684 e. The molecule has 2 heterocycles. The van der Waals surface area contributed by atoms with Gasteiger partial charge in [0.05, 0.1) is 0 Å². The first-order valence-electron chi connectivity index (χ1n) is 8.86. The number of amides is 1.